The van der Waals surface area contributed by atoms with E-state index in [9.17, 15) is 4.79 Å². The van der Waals surface area contributed by atoms with Gasteiger partial charge in [0.2, 0.25) is 0 Å². The van der Waals surface area contributed by atoms with Gasteiger partial charge in [-0.15, -0.1) is 12.6 Å². The van der Waals surface area contributed by atoms with E-state index in [2.05, 4.69) is 23.9 Å². The molecule has 0 heterocycles. The zero-order valence-corrected chi connectivity index (χ0v) is 7.96. The van der Waals surface area contributed by atoms with Gasteiger partial charge in [0.1, 0.15) is 5.94 Å². The van der Waals surface area contributed by atoms with Gasteiger partial charge in [-0.2, -0.15) is 0 Å². The third-order valence-electron chi connectivity index (χ3n) is 1.56. The molecule has 0 aliphatic rings. The molecule has 0 saturated heterocycles. The SMILES string of the molecule is C=C(C(=O)OCS)c1ccccc1. The van der Waals surface area contributed by atoms with Crippen LogP contribution in [0.2, 0.25) is 0 Å². The maximum absolute atomic E-state index is 11.2. The van der Waals surface area contributed by atoms with Gasteiger partial charge in [0.25, 0.3) is 0 Å². The van der Waals surface area contributed by atoms with E-state index in [1.807, 2.05) is 30.3 Å². The fourth-order valence-electron chi connectivity index (χ4n) is 0.903. The van der Waals surface area contributed by atoms with E-state index in [0.29, 0.717) is 5.57 Å². The minimum Gasteiger partial charge on any atom is -0.451 e. The number of thiol groups is 1. The molecule has 1 aromatic rings. The van der Waals surface area contributed by atoms with Crippen LogP contribution in [0.25, 0.3) is 5.57 Å². The van der Waals surface area contributed by atoms with E-state index in [4.69, 9.17) is 0 Å². The summed E-state index contributed by atoms with van der Waals surface area (Å²) in [5, 5.41) is 0. The first kappa shape index (κ1) is 9.86. The number of carbonyl (C=O) groups is 1. The lowest BCUT2D eigenvalue weighted by molar-refractivity contribution is -0.134. The Bertz CT molecular complexity index is 306. The van der Waals surface area contributed by atoms with Crippen LogP contribution in [0.5, 0.6) is 0 Å². The van der Waals surface area contributed by atoms with Crippen molar-refractivity contribution in [3.8, 4) is 0 Å². The number of hydrogen-bond acceptors (Lipinski definition) is 3. The molecular weight excluding hydrogens is 184 g/mol. The molecule has 0 saturated carbocycles. The van der Waals surface area contributed by atoms with Gasteiger partial charge < -0.3 is 4.74 Å². The molecule has 0 aliphatic heterocycles. The first-order chi connectivity index (χ1) is 6.25. The molecule has 13 heavy (non-hydrogen) atoms. The average molecular weight is 194 g/mol. The highest BCUT2D eigenvalue weighted by atomic mass is 32.1. The Morgan fingerprint density at radius 3 is 2.54 bits per heavy atom. The highest BCUT2D eigenvalue weighted by Gasteiger charge is 2.08. The number of benzene rings is 1. The van der Waals surface area contributed by atoms with Crippen LogP contribution in [0.3, 0.4) is 0 Å². The van der Waals surface area contributed by atoms with Crippen molar-refractivity contribution < 1.29 is 9.53 Å². The Kier molecular flexibility index (Phi) is 3.58. The Labute approximate surface area is 82.6 Å². The Morgan fingerprint density at radius 2 is 2.00 bits per heavy atom. The molecule has 0 aliphatic carbocycles. The van der Waals surface area contributed by atoms with Gasteiger partial charge in [0, 0.05) is 0 Å². The fraction of sp³-hybridized carbons (Fsp3) is 0.100. The topological polar surface area (TPSA) is 26.3 Å². The lowest BCUT2D eigenvalue weighted by Gasteiger charge is -2.03. The monoisotopic (exact) mass is 194 g/mol. The standard InChI is InChI=1S/C10H10O2S/c1-8(10(11)12-7-13)9-5-3-2-4-6-9/h2-6,13H,1,7H2. The smallest absolute Gasteiger partial charge is 0.338 e. The summed E-state index contributed by atoms with van der Waals surface area (Å²) >= 11 is 3.78. The molecule has 3 heteroatoms. The maximum atomic E-state index is 11.2. The summed E-state index contributed by atoms with van der Waals surface area (Å²) in [4.78, 5) is 11.2. The molecule has 0 atom stereocenters. The highest BCUT2D eigenvalue weighted by molar-refractivity contribution is 7.80. The second-order valence-corrected chi connectivity index (χ2v) is 2.66. The van der Waals surface area contributed by atoms with Crippen molar-refractivity contribution in [1.82, 2.24) is 0 Å². The first-order valence-corrected chi connectivity index (χ1v) is 4.41. The maximum Gasteiger partial charge on any atom is 0.338 e. The quantitative estimate of drug-likeness (QED) is 0.345. The van der Waals surface area contributed by atoms with E-state index in [-0.39, 0.29) is 5.94 Å². The van der Waals surface area contributed by atoms with Gasteiger partial charge >= 0.3 is 5.97 Å². The van der Waals surface area contributed by atoms with E-state index in [0.717, 1.165) is 5.56 Å². The van der Waals surface area contributed by atoms with Crippen molar-refractivity contribution >= 4 is 24.2 Å². The van der Waals surface area contributed by atoms with Gasteiger partial charge in [-0.05, 0) is 5.56 Å². The van der Waals surface area contributed by atoms with E-state index in [1.165, 1.54) is 0 Å². The molecule has 0 N–H and O–H groups in total. The fourth-order valence-corrected chi connectivity index (χ4v) is 1.02. The number of carbonyl (C=O) groups excluding carboxylic acids is 1. The van der Waals surface area contributed by atoms with Crippen LogP contribution in [0, 0.1) is 0 Å². The summed E-state index contributed by atoms with van der Waals surface area (Å²) in [6.07, 6.45) is 0. The molecule has 1 rings (SSSR count). The van der Waals surface area contributed by atoms with Crippen molar-refractivity contribution in [2.45, 2.75) is 0 Å². The van der Waals surface area contributed by atoms with Crippen molar-refractivity contribution in [3.05, 3.63) is 42.5 Å². The van der Waals surface area contributed by atoms with Crippen LogP contribution in [0.15, 0.2) is 36.9 Å². The zero-order chi connectivity index (χ0) is 9.68. The summed E-state index contributed by atoms with van der Waals surface area (Å²) < 4.78 is 4.68. The lowest BCUT2D eigenvalue weighted by Crippen LogP contribution is -2.04. The predicted molar refractivity (Wildman–Crippen MR) is 55.4 cm³/mol. The molecular formula is C10H10O2S. The van der Waals surface area contributed by atoms with Crippen molar-refractivity contribution in [2.75, 3.05) is 5.94 Å². The number of ether oxygens (including phenoxy) is 1. The van der Waals surface area contributed by atoms with Gasteiger partial charge in [-0.1, -0.05) is 36.9 Å². The second kappa shape index (κ2) is 4.72. The van der Waals surface area contributed by atoms with E-state index >= 15 is 0 Å². The predicted octanol–water partition coefficient (Wildman–Crippen LogP) is 2.13. The van der Waals surface area contributed by atoms with Crippen LogP contribution >= 0.6 is 12.6 Å². The van der Waals surface area contributed by atoms with Gasteiger partial charge in [-0.25, -0.2) is 4.79 Å². The minimum absolute atomic E-state index is 0.0741. The van der Waals surface area contributed by atoms with Crippen molar-refractivity contribution in [1.29, 1.82) is 0 Å². The zero-order valence-electron chi connectivity index (χ0n) is 7.06. The van der Waals surface area contributed by atoms with Crippen LogP contribution in [0.1, 0.15) is 5.56 Å². The number of esters is 1. The normalized spacial score (nSPS) is 9.31. The molecule has 0 unspecified atom stereocenters. The molecule has 68 valence electrons. The Hall–Kier alpha value is -1.22. The van der Waals surface area contributed by atoms with E-state index in [1.54, 1.807) is 0 Å². The number of hydrogen-bond donors (Lipinski definition) is 1. The van der Waals surface area contributed by atoms with Crippen LogP contribution < -0.4 is 0 Å². The Morgan fingerprint density at radius 1 is 1.38 bits per heavy atom. The summed E-state index contributed by atoms with van der Waals surface area (Å²) in [5.41, 5.74) is 1.13. The van der Waals surface area contributed by atoms with Crippen LogP contribution in [-0.2, 0) is 9.53 Å². The van der Waals surface area contributed by atoms with Gasteiger partial charge in [0.15, 0.2) is 0 Å². The second-order valence-electron chi connectivity index (χ2n) is 2.41. The van der Waals surface area contributed by atoms with E-state index < -0.39 is 5.97 Å². The summed E-state index contributed by atoms with van der Waals surface area (Å²) in [6.45, 7) is 3.63. The molecule has 0 aromatic heterocycles. The lowest BCUT2D eigenvalue weighted by atomic mass is 10.1. The molecule has 1 aromatic carbocycles. The summed E-state index contributed by atoms with van der Waals surface area (Å²) in [6, 6.07) is 9.17. The number of rotatable bonds is 3. The van der Waals surface area contributed by atoms with Crippen molar-refractivity contribution in [2.24, 2.45) is 0 Å². The first-order valence-electron chi connectivity index (χ1n) is 3.78. The van der Waals surface area contributed by atoms with Gasteiger partial charge in [-0.3, -0.25) is 0 Å². The minimum atomic E-state index is -0.429. The third kappa shape index (κ3) is 2.63. The molecule has 2 nitrogen and oxygen atoms in total. The summed E-state index contributed by atoms with van der Waals surface area (Å²) in [7, 11) is 0. The third-order valence-corrected chi connectivity index (χ3v) is 1.69. The molecule has 0 amide bonds. The highest BCUT2D eigenvalue weighted by Crippen LogP contribution is 2.12. The molecule has 0 radical (unpaired) electrons. The van der Waals surface area contributed by atoms with Gasteiger partial charge in [0.05, 0.1) is 5.57 Å². The van der Waals surface area contributed by atoms with Crippen LogP contribution in [-0.4, -0.2) is 11.9 Å². The molecule has 0 spiro atoms. The Balaban J connectivity index is 2.74. The largest absolute Gasteiger partial charge is 0.451 e. The summed E-state index contributed by atoms with van der Waals surface area (Å²) in [5.74, 6) is -0.355. The molecule has 0 fully saturated rings. The molecule has 0 bridgehead atoms. The van der Waals surface area contributed by atoms with Crippen LogP contribution in [0.4, 0.5) is 0 Å². The average Bonchev–Trinajstić information content (AvgIpc) is 2.18. The van der Waals surface area contributed by atoms with Crippen molar-refractivity contribution in [3.63, 3.8) is 0 Å².